The number of para-hydroxylation sites is 1. The van der Waals surface area contributed by atoms with Crippen molar-refractivity contribution in [3.63, 3.8) is 0 Å². The molecule has 122 valence electrons. The summed E-state index contributed by atoms with van der Waals surface area (Å²) >= 11 is 0. The fourth-order valence-corrected chi connectivity index (χ4v) is 2.11. The average molecular weight is 326 g/mol. The summed E-state index contributed by atoms with van der Waals surface area (Å²) in [6.07, 6.45) is 1.58. The van der Waals surface area contributed by atoms with Gasteiger partial charge in [0.2, 0.25) is 0 Å². The predicted molar refractivity (Wildman–Crippen MR) is 87.2 cm³/mol. The summed E-state index contributed by atoms with van der Waals surface area (Å²) in [6.45, 7) is 2.11. The third kappa shape index (κ3) is 3.75. The van der Waals surface area contributed by atoms with Crippen molar-refractivity contribution in [1.82, 2.24) is 9.97 Å². The van der Waals surface area contributed by atoms with Crippen LogP contribution < -0.4 is 10.6 Å². The molecule has 2 aromatic heterocycles. The van der Waals surface area contributed by atoms with Gasteiger partial charge in [0.05, 0.1) is 18.5 Å². The van der Waals surface area contributed by atoms with Crippen molar-refractivity contribution < 1.29 is 13.6 Å². The van der Waals surface area contributed by atoms with Crippen molar-refractivity contribution >= 4 is 17.4 Å². The van der Waals surface area contributed by atoms with Crippen LogP contribution in [0.25, 0.3) is 0 Å². The number of nitrogens with one attached hydrogen (secondary N) is 2. The number of anilines is 2. The lowest BCUT2D eigenvalue weighted by molar-refractivity contribution is 0.102. The highest BCUT2D eigenvalue weighted by atomic mass is 19.1. The third-order valence-electron chi connectivity index (χ3n) is 3.22. The standard InChI is InChI=1S/C17H15FN4O2/c1-11-20-15(17(23)22-14-7-3-2-6-13(14)18)9-16(21-11)19-10-12-5-4-8-24-12/h2-9H,10H2,1H3,(H,22,23)(H,19,20,21). The Balaban J connectivity index is 1.75. The minimum absolute atomic E-state index is 0.101. The highest BCUT2D eigenvalue weighted by Gasteiger charge is 2.13. The van der Waals surface area contributed by atoms with Crippen molar-refractivity contribution in [2.24, 2.45) is 0 Å². The molecule has 0 aliphatic rings. The van der Waals surface area contributed by atoms with Gasteiger partial charge in [0, 0.05) is 6.07 Å². The Morgan fingerprint density at radius 2 is 2.04 bits per heavy atom. The largest absolute Gasteiger partial charge is 0.467 e. The van der Waals surface area contributed by atoms with Crippen LogP contribution in [0.2, 0.25) is 0 Å². The lowest BCUT2D eigenvalue weighted by Crippen LogP contribution is -2.16. The van der Waals surface area contributed by atoms with E-state index < -0.39 is 11.7 Å². The van der Waals surface area contributed by atoms with Gasteiger partial charge in [-0.25, -0.2) is 14.4 Å². The van der Waals surface area contributed by atoms with E-state index in [0.29, 0.717) is 18.2 Å². The SMILES string of the molecule is Cc1nc(NCc2ccco2)cc(C(=O)Nc2ccccc2F)n1. The molecule has 0 bridgehead atoms. The van der Waals surface area contributed by atoms with E-state index in [1.807, 2.05) is 6.07 Å². The molecule has 0 aliphatic heterocycles. The van der Waals surface area contributed by atoms with Crippen LogP contribution in [0, 0.1) is 12.7 Å². The summed E-state index contributed by atoms with van der Waals surface area (Å²) in [7, 11) is 0. The number of carbonyl (C=O) groups is 1. The summed E-state index contributed by atoms with van der Waals surface area (Å²) in [4.78, 5) is 20.6. The van der Waals surface area contributed by atoms with Gasteiger partial charge in [-0.05, 0) is 31.2 Å². The molecule has 24 heavy (non-hydrogen) atoms. The van der Waals surface area contributed by atoms with Crippen molar-refractivity contribution in [3.05, 3.63) is 71.8 Å². The fraction of sp³-hybridized carbons (Fsp3) is 0.118. The molecule has 6 nitrogen and oxygen atoms in total. The van der Waals surface area contributed by atoms with Gasteiger partial charge >= 0.3 is 0 Å². The highest BCUT2D eigenvalue weighted by molar-refractivity contribution is 6.03. The smallest absolute Gasteiger partial charge is 0.274 e. The van der Waals surface area contributed by atoms with E-state index >= 15 is 0 Å². The molecule has 0 aliphatic carbocycles. The molecule has 0 saturated carbocycles. The first kappa shape index (κ1) is 15.7. The second kappa shape index (κ2) is 6.91. The zero-order chi connectivity index (χ0) is 16.9. The van der Waals surface area contributed by atoms with Crippen LogP contribution in [0.5, 0.6) is 0 Å². The Kier molecular flexibility index (Phi) is 4.51. The average Bonchev–Trinajstić information content (AvgIpc) is 3.08. The number of benzene rings is 1. The maximum atomic E-state index is 13.6. The number of nitrogens with zero attached hydrogens (tertiary/aromatic N) is 2. The first-order chi connectivity index (χ1) is 11.6. The number of hydrogen-bond acceptors (Lipinski definition) is 5. The first-order valence-corrected chi connectivity index (χ1v) is 7.29. The van der Waals surface area contributed by atoms with Crippen LogP contribution in [0.15, 0.2) is 53.1 Å². The number of carbonyl (C=O) groups excluding carboxylic acids is 1. The fourth-order valence-electron chi connectivity index (χ4n) is 2.11. The number of hydrogen-bond donors (Lipinski definition) is 2. The Hall–Kier alpha value is -3.22. The van der Waals surface area contributed by atoms with Crippen LogP contribution in [-0.4, -0.2) is 15.9 Å². The topological polar surface area (TPSA) is 80.0 Å². The molecule has 2 heterocycles. The highest BCUT2D eigenvalue weighted by Crippen LogP contribution is 2.15. The zero-order valence-electron chi connectivity index (χ0n) is 12.9. The molecule has 0 radical (unpaired) electrons. The summed E-state index contributed by atoms with van der Waals surface area (Å²) in [5, 5.41) is 5.56. The zero-order valence-corrected chi connectivity index (χ0v) is 12.9. The molecular formula is C17H15FN4O2. The van der Waals surface area contributed by atoms with Crippen molar-refractivity contribution in [3.8, 4) is 0 Å². The number of amides is 1. The number of aromatic nitrogens is 2. The van der Waals surface area contributed by atoms with E-state index in [1.165, 1.54) is 18.2 Å². The lowest BCUT2D eigenvalue weighted by atomic mass is 10.3. The quantitative estimate of drug-likeness (QED) is 0.751. The number of aryl methyl sites for hydroxylation is 1. The monoisotopic (exact) mass is 326 g/mol. The normalized spacial score (nSPS) is 10.4. The summed E-state index contributed by atoms with van der Waals surface area (Å²) in [6, 6.07) is 11.1. The molecule has 0 atom stereocenters. The second-order valence-electron chi connectivity index (χ2n) is 5.05. The van der Waals surface area contributed by atoms with Crippen molar-refractivity contribution in [2.75, 3.05) is 10.6 Å². The summed E-state index contributed by atoms with van der Waals surface area (Å²) in [5.41, 5.74) is 0.247. The van der Waals surface area contributed by atoms with Gasteiger partial charge < -0.3 is 15.1 Å². The molecule has 0 saturated heterocycles. The molecular weight excluding hydrogens is 311 g/mol. The van der Waals surface area contributed by atoms with Crippen molar-refractivity contribution in [1.29, 1.82) is 0 Å². The lowest BCUT2D eigenvalue weighted by Gasteiger charge is -2.09. The van der Waals surface area contributed by atoms with Crippen LogP contribution in [0.4, 0.5) is 15.9 Å². The van der Waals surface area contributed by atoms with E-state index in [-0.39, 0.29) is 11.4 Å². The molecule has 0 fully saturated rings. The maximum absolute atomic E-state index is 13.6. The number of halogens is 1. The molecule has 7 heteroatoms. The molecule has 1 aromatic carbocycles. The van der Waals surface area contributed by atoms with Gasteiger partial charge in [-0.2, -0.15) is 0 Å². The van der Waals surface area contributed by atoms with Crippen LogP contribution in [0.3, 0.4) is 0 Å². The summed E-state index contributed by atoms with van der Waals surface area (Å²) in [5.74, 6) is 0.638. The van der Waals surface area contributed by atoms with Crippen LogP contribution >= 0.6 is 0 Å². The Morgan fingerprint density at radius 1 is 1.21 bits per heavy atom. The van der Waals surface area contributed by atoms with E-state index in [4.69, 9.17) is 4.42 Å². The number of furan rings is 1. The Labute approximate surface area is 137 Å². The molecule has 3 rings (SSSR count). The molecule has 0 unspecified atom stereocenters. The molecule has 0 spiro atoms. The predicted octanol–water partition coefficient (Wildman–Crippen LogP) is 3.38. The van der Waals surface area contributed by atoms with E-state index in [0.717, 1.165) is 5.76 Å². The maximum Gasteiger partial charge on any atom is 0.274 e. The molecule has 1 amide bonds. The van der Waals surface area contributed by atoms with E-state index in [2.05, 4.69) is 20.6 Å². The molecule has 3 aromatic rings. The molecule has 2 N–H and O–H groups in total. The van der Waals surface area contributed by atoms with Gasteiger partial charge in [-0.3, -0.25) is 4.79 Å². The Morgan fingerprint density at radius 3 is 2.79 bits per heavy atom. The van der Waals surface area contributed by atoms with Crippen LogP contribution in [0.1, 0.15) is 22.1 Å². The third-order valence-corrected chi connectivity index (χ3v) is 3.22. The van der Waals surface area contributed by atoms with Gasteiger partial charge in [0.1, 0.15) is 28.9 Å². The summed E-state index contributed by atoms with van der Waals surface area (Å²) < 4.78 is 18.9. The van der Waals surface area contributed by atoms with Crippen molar-refractivity contribution in [2.45, 2.75) is 13.5 Å². The van der Waals surface area contributed by atoms with E-state index in [9.17, 15) is 9.18 Å². The van der Waals surface area contributed by atoms with Crippen LogP contribution in [-0.2, 0) is 6.54 Å². The second-order valence-corrected chi connectivity index (χ2v) is 5.05. The van der Waals surface area contributed by atoms with Gasteiger partial charge in [-0.1, -0.05) is 12.1 Å². The number of rotatable bonds is 5. The minimum atomic E-state index is -0.508. The van der Waals surface area contributed by atoms with Gasteiger partial charge in [0.15, 0.2) is 0 Å². The first-order valence-electron chi connectivity index (χ1n) is 7.29. The van der Waals surface area contributed by atoms with Gasteiger partial charge in [0.25, 0.3) is 5.91 Å². The van der Waals surface area contributed by atoms with Gasteiger partial charge in [-0.15, -0.1) is 0 Å². The van der Waals surface area contributed by atoms with E-state index in [1.54, 1.807) is 31.4 Å². The Bertz CT molecular complexity index is 850. The minimum Gasteiger partial charge on any atom is -0.467 e.